The van der Waals surface area contributed by atoms with Gasteiger partial charge in [0.05, 0.1) is 22.1 Å². The maximum atomic E-state index is 13.6. The van der Waals surface area contributed by atoms with E-state index in [0.717, 1.165) is 16.5 Å². The predicted octanol–water partition coefficient (Wildman–Crippen LogP) is 4.36. The number of nitrogens with two attached hydrogens (primary N) is 1. The molecule has 8 nitrogen and oxygen atoms in total. The van der Waals surface area contributed by atoms with Crippen LogP contribution < -0.4 is 5.73 Å². The number of nitrogens with one attached hydrogen (secondary N) is 1. The number of H-pyrrole nitrogens is 1. The Labute approximate surface area is 194 Å². The van der Waals surface area contributed by atoms with Crippen molar-refractivity contribution in [1.29, 1.82) is 0 Å². The highest BCUT2D eigenvalue weighted by atomic mass is 32.2. The molecule has 0 bridgehead atoms. The van der Waals surface area contributed by atoms with Crippen molar-refractivity contribution in [1.82, 2.24) is 19.6 Å². The van der Waals surface area contributed by atoms with Gasteiger partial charge in [-0.2, -0.15) is 9.78 Å². The Morgan fingerprint density at radius 3 is 2.35 bits per heavy atom. The van der Waals surface area contributed by atoms with Crippen LogP contribution in [0, 0.1) is 0 Å². The minimum Gasteiger partial charge on any atom is -0.382 e. The summed E-state index contributed by atoms with van der Waals surface area (Å²) < 4.78 is 28.6. The predicted molar refractivity (Wildman–Crippen MR) is 133 cm³/mol. The van der Waals surface area contributed by atoms with Crippen LogP contribution in [-0.2, 0) is 9.84 Å². The lowest BCUT2D eigenvalue weighted by molar-refractivity contribution is 0.597. The number of hydrogen-bond acceptors (Lipinski definition) is 6. The first-order valence-corrected chi connectivity index (χ1v) is 12.0. The standard InChI is InChI=1S/C25H18N6O2S/c26-24-23(34(32,33)17-8-2-1-3-9-17)22-25(30-21-13-7-6-12-20(21)29-22)31(24)28-15-16-14-27-19-11-5-4-10-18(16)19/h1-15,27H,26H2. The van der Waals surface area contributed by atoms with Gasteiger partial charge in [0.2, 0.25) is 9.84 Å². The highest BCUT2D eigenvalue weighted by Crippen LogP contribution is 2.35. The fraction of sp³-hybridized carbons (Fsp3) is 0. The average Bonchev–Trinajstić information content (AvgIpc) is 3.39. The maximum Gasteiger partial charge on any atom is 0.212 e. The summed E-state index contributed by atoms with van der Waals surface area (Å²) in [5.41, 5.74) is 9.85. The number of nitrogen functional groups attached to an aromatic ring is 1. The van der Waals surface area contributed by atoms with E-state index < -0.39 is 9.84 Å². The number of hydrogen-bond donors (Lipinski definition) is 2. The molecule has 0 unspecified atom stereocenters. The van der Waals surface area contributed by atoms with Gasteiger partial charge in [-0.1, -0.05) is 48.5 Å². The number of fused-ring (bicyclic) bond motifs is 3. The molecule has 0 spiro atoms. The fourth-order valence-electron chi connectivity index (χ4n) is 4.04. The lowest BCUT2D eigenvalue weighted by Crippen LogP contribution is -2.06. The summed E-state index contributed by atoms with van der Waals surface area (Å²) in [4.78, 5) is 12.5. The summed E-state index contributed by atoms with van der Waals surface area (Å²) in [6.07, 6.45) is 3.46. The van der Waals surface area contributed by atoms with Gasteiger partial charge in [0, 0.05) is 22.7 Å². The zero-order chi connectivity index (χ0) is 23.3. The first-order valence-electron chi connectivity index (χ1n) is 10.5. The van der Waals surface area contributed by atoms with Crippen molar-refractivity contribution in [3.63, 3.8) is 0 Å². The Balaban J connectivity index is 1.63. The van der Waals surface area contributed by atoms with E-state index in [1.165, 1.54) is 16.8 Å². The Bertz CT molecular complexity index is 1840. The molecule has 3 aromatic heterocycles. The number of sulfone groups is 1. The van der Waals surface area contributed by atoms with Crippen LogP contribution in [0.3, 0.4) is 0 Å². The molecule has 34 heavy (non-hydrogen) atoms. The minimum atomic E-state index is -3.98. The third-order valence-corrected chi connectivity index (χ3v) is 7.52. The Morgan fingerprint density at radius 2 is 1.56 bits per heavy atom. The molecule has 6 aromatic rings. The number of anilines is 1. The normalized spacial score (nSPS) is 12.4. The van der Waals surface area contributed by atoms with Crippen LogP contribution in [0.2, 0.25) is 0 Å². The number of aromatic nitrogens is 4. The van der Waals surface area contributed by atoms with E-state index in [4.69, 9.17) is 5.73 Å². The van der Waals surface area contributed by atoms with Crippen molar-refractivity contribution < 1.29 is 8.42 Å². The first-order chi connectivity index (χ1) is 16.5. The van der Waals surface area contributed by atoms with Crippen molar-refractivity contribution in [3.05, 3.63) is 90.6 Å². The van der Waals surface area contributed by atoms with Crippen LogP contribution in [0.25, 0.3) is 33.1 Å². The lowest BCUT2D eigenvalue weighted by Gasteiger charge is -2.04. The van der Waals surface area contributed by atoms with Gasteiger partial charge in [-0.15, -0.1) is 0 Å². The van der Waals surface area contributed by atoms with Crippen LogP contribution in [0.1, 0.15) is 5.56 Å². The number of nitrogens with zero attached hydrogens (tertiary/aromatic N) is 4. The van der Waals surface area contributed by atoms with Crippen molar-refractivity contribution in [2.45, 2.75) is 9.79 Å². The molecule has 3 aromatic carbocycles. The maximum absolute atomic E-state index is 13.6. The molecule has 3 heterocycles. The van der Waals surface area contributed by atoms with Crippen molar-refractivity contribution in [2.75, 3.05) is 5.73 Å². The van der Waals surface area contributed by atoms with Gasteiger partial charge in [0.25, 0.3) is 0 Å². The Hall–Kier alpha value is -4.50. The summed E-state index contributed by atoms with van der Waals surface area (Å²) in [5.74, 6) is -0.0507. The van der Waals surface area contributed by atoms with Gasteiger partial charge in [0.15, 0.2) is 5.65 Å². The van der Waals surface area contributed by atoms with Crippen LogP contribution in [0.5, 0.6) is 0 Å². The number of aromatic amines is 1. The smallest absolute Gasteiger partial charge is 0.212 e. The molecular formula is C25H18N6O2S. The zero-order valence-electron chi connectivity index (χ0n) is 17.8. The van der Waals surface area contributed by atoms with Gasteiger partial charge >= 0.3 is 0 Å². The van der Waals surface area contributed by atoms with E-state index >= 15 is 0 Å². The number of benzene rings is 3. The Morgan fingerprint density at radius 1 is 0.882 bits per heavy atom. The Kier molecular flexibility index (Phi) is 4.46. The monoisotopic (exact) mass is 466 g/mol. The highest BCUT2D eigenvalue weighted by molar-refractivity contribution is 7.92. The van der Waals surface area contributed by atoms with Crippen molar-refractivity contribution >= 4 is 55.0 Å². The molecule has 0 saturated carbocycles. The van der Waals surface area contributed by atoms with Gasteiger partial charge in [-0.05, 0) is 30.3 Å². The van der Waals surface area contributed by atoms with Gasteiger partial charge in [0.1, 0.15) is 16.2 Å². The molecule has 6 rings (SSSR count). The second-order valence-corrected chi connectivity index (χ2v) is 9.65. The molecule has 166 valence electrons. The molecule has 0 aliphatic heterocycles. The van der Waals surface area contributed by atoms with Crippen LogP contribution in [0.4, 0.5) is 5.82 Å². The minimum absolute atomic E-state index is 0.0507. The first kappa shape index (κ1) is 20.1. The molecule has 9 heteroatoms. The summed E-state index contributed by atoms with van der Waals surface area (Å²) >= 11 is 0. The highest BCUT2D eigenvalue weighted by Gasteiger charge is 2.30. The molecule has 0 aliphatic rings. The SMILES string of the molecule is Nc1c(S(=O)(=O)c2ccccc2)c2nc3ccccc3nc2n1N=Cc1c[nH]c2ccccc12. The molecular weight excluding hydrogens is 448 g/mol. The van der Waals surface area contributed by atoms with Crippen molar-refractivity contribution in [2.24, 2.45) is 5.10 Å². The van der Waals surface area contributed by atoms with Gasteiger partial charge < -0.3 is 10.7 Å². The third kappa shape index (κ3) is 3.06. The summed E-state index contributed by atoms with van der Waals surface area (Å²) in [7, 11) is -3.98. The quantitative estimate of drug-likeness (QED) is 0.374. The van der Waals surface area contributed by atoms with E-state index in [-0.39, 0.29) is 26.8 Å². The molecule has 0 atom stereocenters. The number of para-hydroxylation sites is 3. The summed E-state index contributed by atoms with van der Waals surface area (Å²) in [6, 6.07) is 23.2. The van der Waals surface area contributed by atoms with E-state index in [9.17, 15) is 8.42 Å². The number of rotatable bonds is 4. The second-order valence-electron chi connectivity index (χ2n) is 7.76. The summed E-state index contributed by atoms with van der Waals surface area (Å²) in [6.45, 7) is 0. The molecule has 0 aliphatic carbocycles. The summed E-state index contributed by atoms with van der Waals surface area (Å²) in [5, 5.41) is 5.52. The van der Waals surface area contributed by atoms with E-state index in [0.29, 0.717) is 11.0 Å². The van der Waals surface area contributed by atoms with Crippen LogP contribution in [-0.4, -0.2) is 34.3 Å². The van der Waals surface area contributed by atoms with Crippen LogP contribution in [0.15, 0.2) is 100.0 Å². The molecule has 0 fully saturated rings. The molecule has 0 radical (unpaired) electrons. The zero-order valence-corrected chi connectivity index (χ0v) is 18.6. The fourth-order valence-corrected chi connectivity index (χ4v) is 5.55. The molecule has 0 amide bonds. The average molecular weight is 467 g/mol. The lowest BCUT2D eigenvalue weighted by atomic mass is 10.2. The second kappa shape index (κ2) is 7.53. The van der Waals surface area contributed by atoms with E-state index in [1.807, 2.05) is 48.7 Å². The van der Waals surface area contributed by atoms with E-state index in [2.05, 4.69) is 20.1 Å². The van der Waals surface area contributed by atoms with E-state index in [1.54, 1.807) is 30.5 Å². The van der Waals surface area contributed by atoms with Crippen LogP contribution >= 0.6 is 0 Å². The topological polar surface area (TPSA) is 119 Å². The third-order valence-electron chi connectivity index (χ3n) is 5.68. The molecule has 0 saturated heterocycles. The van der Waals surface area contributed by atoms with Gasteiger partial charge in [-0.3, -0.25) is 0 Å². The molecule has 3 N–H and O–H groups in total. The van der Waals surface area contributed by atoms with Crippen molar-refractivity contribution in [3.8, 4) is 0 Å². The largest absolute Gasteiger partial charge is 0.382 e. The van der Waals surface area contributed by atoms with Gasteiger partial charge in [-0.25, -0.2) is 18.4 Å².